The minimum absolute atomic E-state index is 0.0211. The maximum Gasteiger partial charge on any atom is 0.351 e. The summed E-state index contributed by atoms with van der Waals surface area (Å²) in [4.78, 5) is 44.7. The molecule has 0 N–H and O–H groups in total. The van der Waals surface area contributed by atoms with E-state index < -0.39 is 55.0 Å². The first-order chi connectivity index (χ1) is 17.5. The van der Waals surface area contributed by atoms with Gasteiger partial charge < -0.3 is 14.2 Å². The molecule has 3 aromatic rings. The maximum atomic E-state index is 16.2. The van der Waals surface area contributed by atoms with Crippen molar-refractivity contribution in [2.24, 2.45) is 5.92 Å². The topological polar surface area (TPSA) is 127 Å². The number of alkyl halides is 2. The molecule has 0 aliphatic rings. The fourth-order valence-electron chi connectivity index (χ4n) is 2.97. The summed E-state index contributed by atoms with van der Waals surface area (Å²) >= 11 is 5.88. The molecule has 3 atom stereocenters. The maximum absolute atomic E-state index is 16.2. The smallest absolute Gasteiger partial charge is 0.351 e. The first kappa shape index (κ1) is 27.9. The van der Waals surface area contributed by atoms with E-state index in [2.05, 4.69) is 15.1 Å². The van der Waals surface area contributed by atoms with Crippen LogP contribution in [0.15, 0.2) is 54.0 Å². The Bertz CT molecular complexity index is 1290. The van der Waals surface area contributed by atoms with Gasteiger partial charge in [-0.2, -0.15) is 10.1 Å². The molecule has 0 radical (unpaired) electrons. The van der Waals surface area contributed by atoms with Gasteiger partial charge in [0.05, 0.1) is 11.5 Å². The monoisotopic (exact) mass is 539 g/mol. The zero-order valence-corrected chi connectivity index (χ0v) is 20.8. The molecule has 37 heavy (non-hydrogen) atoms. The third-order valence-electron chi connectivity index (χ3n) is 5.07. The quantitative estimate of drug-likeness (QED) is 0.338. The van der Waals surface area contributed by atoms with E-state index in [-0.39, 0.29) is 16.4 Å². The molecule has 14 heteroatoms. The summed E-state index contributed by atoms with van der Waals surface area (Å²) in [6, 6.07) is 7.03. The minimum atomic E-state index is -3.06. The van der Waals surface area contributed by atoms with Crippen LogP contribution in [0.25, 0.3) is 5.82 Å². The highest BCUT2D eigenvalue weighted by Crippen LogP contribution is 2.29. The molecule has 0 saturated heterocycles. The average molecular weight is 540 g/mol. The molecule has 0 spiro atoms. The van der Waals surface area contributed by atoms with E-state index in [0.717, 1.165) is 13.1 Å². The fourth-order valence-corrected chi connectivity index (χ4v) is 3.16. The predicted molar refractivity (Wildman–Crippen MR) is 125 cm³/mol. The van der Waals surface area contributed by atoms with E-state index >= 15 is 4.39 Å². The van der Waals surface area contributed by atoms with Crippen LogP contribution in [-0.2, 0) is 19.0 Å². The Hall–Kier alpha value is -3.71. The van der Waals surface area contributed by atoms with Crippen molar-refractivity contribution in [1.29, 1.82) is 0 Å². The standard InChI is InChI=1S/C23H24ClF2N5O6/c1-14(2)20(32)36-15(3)23(26,11-35-21(33)16-5-4-6-17(24)9-16)37-19(10-25)30-8-7-18(29-22(30)34)31-13-27-12-28-31/h4-9,12-15,19H,10-11H2,1-3H3/t15-,19+,23+/m0/s1. The van der Waals surface area contributed by atoms with Crippen LogP contribution in [0.1, 0.15) is 37.4 Å². The minimum Gasteiger partial charge on any atom is -0.456 e. The number of hydrogen-bond donors (Lipinski definition) is 0. The molecule has 0 aliphatic carbocycles. The Morgan fingerprint density at radius 1 is 1.22 bits per heavy atom. The number of carbonyl (C=O) groups is 2. The Morgan fingerprint density at radius 3 is 2.57 bits per heavy atom. The second-order valence-electron chi connectivity index (χ2n) is 8.15. The summed E-state index contributed by atoms with van der Waals surface area (Å²) in [6.45, 7) is 1.74. The summed E-state index contributed by atoms with van der Waals surface area (Å²) in [6.07, 6.45) is 0.130. The summed E-state index contributed by atoms with van der Waals surface area (Å²) in [5, 5.41) is 4.09. The molecule has 0 bridgehead atoms. The first-order valence-corrected chi connectivity index (χ1v) is 11.4. The van der Waals surface area contributed by atoms with Crippen molar-refractivity contribution in [2.45, 2.75) is 39.0 Å². The fraction of sp³-hybridized carbons (Fsp3) is 0.391. The van der Waals surface area contributed by atoms with Gasteiger partial charge in [-0.3, -0.25) is 9.36 Å². The van der Waals surface area contributed by atoms with Crippen molar-refractivity contribution < 1.29 is 32.6 Å². The van der Waals surface area contributed by atoms with Gasteiger partial charge in [-0.05, 0) is 31.2 Å². The third kappa shape index (κ3) is 6.95. The van der Waals surface area contributed by atoms with Crippen molar-refractivity contribution in [3.63, 3.8) is 0 Å². The summed E-state index contributed by atoms with van der Waals surface area (Å²) in [7, 11) is 0. The number of halogens is 3. The number of rotatable bonds is 11. The van der Waals surface area contributed by atoms with Crippen molar-refractivity contribution in [3.8, 4) is 5.82 Å². The van der Waals surface area contributed by atoms with Crippen LogP contribution < -0.4 is 5.69 Å². The van der Waals surface area contributed by atoms with Gasteiger partial charge in [0.15, 0.2) is 24.8 Å². The largest absolute Gasteiger partial charge is 0.456 e. The van der Waals surface area contributed by atoms with Crippen LogP contribution in [-0.4, -0.2) is 61.5 Å². The van der Waals surface area contributed by atoms with Crippen molar-refractivity contribution in [3.05, 3.63) is 70.3 Å². The Kier molecular flexibility index (Phi) is 9.05. The van der Waals surface area contributed by atoms with Gasteiger partial charge in [-0.25, -0.2) is 28.0 Å². The number of hydrogen-bond acceptors (Lipinski definition) is 9. The van der Waals surface area contributed by atoms with Crippen molar-refractivity contribution >= 4 is 23.5 Å². The van der Waals surface area contributed by atoms with Gasteiger partial charge in [-0.1, -0.05) is 31.5 Å². The molecule has 0 amide bonds. The zero-order chi connectivity index (χ0) is 27.2. The van der Waals surface area contributed by atoms with Crippen LogP contribution in [0.2, 0.25) is 5.02 Å². The molecule has 0 fully saturated rings. The summed E-state index contributed by atoms with van der Waals surface area (Å²) < 4.78 is 47.6. The second-order valence-corrected chi connectivity index (χ2v) is 8.59. The molecule has 11 nitrogen and oxygen atoms in total. The van der Waals surface area contributed by atoms with E-state index in [1.54, 1.807) is 0 Å². The SMILES string of the molecule is CC(C)C(=O)O[C@@H](C)[C@@](F)(COC(=O)c1cccc(Cl)c1)O[C@H](CF)n1ccc(-n2cncn2)nc1=O. The lowest BCUT2D eigenvalue weighted by Gasteiger charge is -2.33. The molecule has 0 aliphatic heterocycles. The van der Waals surface area contributed by atoms with Crippen LogP contribution in [0.3, 0.4) is 0 Å². The van der Waals surface area contributed by atoms with Gasteiger partial charge >= 0.3 is 17.6 Å². The summed E-state index contributed by atoms with van der Waals surface area (Å²) in [5.41, 5.74) is -0.964. The Labute approximate surface area is 214 Å². The van der Waals surface area contributed by atoms with Gasteiger partial charge in [0.1, 0.15) is 19.3 Å². The van der Waals surface area contributed by atoms with Gasteiger partial charge in [-0.15, -0.1) is 0 Å². The van der Waals surface area contributed by atoms with E-state index in [9.17, 15) is 18.8 Å². The second kappa shape index (κ2) is 12.0. The highest BCUT2D eigenvalue weighted by atomic mass is 35.5. The van der Waals surface area contributed by atoms with Crippen molar-refractivity contribution in [2.75, 3.05) is 13.3 Å². The van der Waals surface area contributed by atoms with Crippen molar-refractivity contribution in [1.82, 2.24) is 24.3 Å². The van der Waals surface area contributed by atoms with Gasteiger partial charge in [0.25, 0.3) is 5.85 Å². The van der Waals surface area contributed by atoms with Crippen LogP contribution in [0.4, 0.5) is 8.78 Å². The molecule has 0 saturated carbocycles. The van der Waals surface area contributed by atoms with E-state index in [0.29, 0.717) is 4.57 Å². The van der Waals surface area contributed by atoms with Crippen LogP contribution in [0.5, 0.6) is 0 Å². The molecule has 3 rings (SSSR count). The van der Waals surface area contributed by atoms with E-state index in [4.69, 9.17) is 25.8 Å². The molecule has 2 aromatic heterocycles. The predicted octanol–water partition coefficient (Wildman–Crippen LogP) is 3.07. The number of ether oxygens (including phenoxy) is 3. The van der Waals surface area contributed by atoms with Crippen LogP contribution >= 0.6 is 11.6 Å². The highest BCUT2D eigenvalue weighted by Gasteiger charge is 2.45. The van der Waals surface area contributed by atoms with E-state index in [1.807, 2.05) is 0 Å². The molecule has 0 unspecified atom stereocenters. The number of esters is 2. The lowest BCUT2D eigenvalue weighted by molar-refractivity contribution is -0.268. The molecule has 198 valence electrons. The lowest BCUT2D eigenvalue weighted by atomic mass is 10.1. The van der Waals surface area contributed by atoms with E-state index in [1.165, 1.54) is 61.5 Å². The molecule has 1 aromatic carbocycles. The summed E-state index contributed by atoms with van der Waals surface area (Å²) in [5.74, 6) is -5.32. The van der Waals surface area contributed by atoms with Gasteiger partial charge in [0, 0.05) is 11.2 Å². The Morgan fingerprint density at radius 2 is 1.97 bits per heavy atom. The molecular weight excluding hydrogens is 516 g/mol. The molecule has 2 heterocycles. The first-order valence-electron chi connectivity index (χ1n) is 11.0. The number of carbonyl (C=O) groups excluding carboxylic acids is 2. The Balaban J connectivity index is 1.86. The number of aromatic nitrogens is 5. The zero-order valence-electron chi connectivity index (χ0n) is 20.1. The number of benzene rings is 1. The lowest BCUT2D eigenvalue weighted by Crippen LogP contribution is -2.49. The highest BCUT2D eigenvalue weighted by molar-refractivity contribution is 6.30. The van der Waals surface area contributed by atoms with Gasteiger partial charge in [0.2, 0.25) is 0 Å². The average Bonchev–Trinajstić information content (AvgIpc) is 3.41. The normalized spacial score (nSPS) is 14.6. The number of nitrogens with zero attached hydrogens (tertiary/aromatic N) is 5. The van der Waals surface area contributed by atoms with Crippen LogP contribution in [0, 0.1) is 5.92 Å². The third-order valence-corrected chi connectivity index (χ3v) is 5.31. The molecular formula is C23H24ClF2N5O6.